The van der Waals surface area contributed by atoms with Gasteiger partial charge in [-0.3, -0.25) is 14.4 Å². The molecule has 8 nitrogen and oxygen atoms in total. The molecular weight excluding hydrogens is 571 g/mol. The molecule has 2 amide bonds. The zero-order chi connectivity index (χ0) is 32.5. The molecule has 0 unspecified atom stereocenters. The predicted molar refractivity (Wildman–Crippen MR) is 173 cm³/mol. The summed E-state index contributed by atoms with van der Waals surface area (Å²) in [5, 5.41) is 13.3. The minimum Gasteiger partial charge on any atom is -0.392 e. The largest absolute Gasteiger partial charge is 0.392 e. The maximum Gasteiger partial charge on any atom is 0.272 e. The van der Waals surface area contributed by atoms with Gasteiger partial charge in [-0.2, -0.15) is 0 Å². The molecule has 0 fully saturated rings. The van der Waals surface area contributed by atoms with Crippen LogP contribution >= 0.6 is 0 Å². The molecule has 0 saturated carbocycles. The van der Waals surface area contributed by atoms with Gasteiger partial charge >= 0.3 is 0 Å². The molecule has 5 rings (SSSR count). The molecule has 4 aromatic rings. The number of benzene rings is 3. The van der Waals surface area contributed by atoms with Gasteiger partial charge in [-0.25, -0.2) is 9.37 Å². The van der Waals surface area contributed by atoms with E-state index in [-0.39, 0.29) is 28.9 Å². The Morgan fingerprint density at radius 2 is 1.84 bits per heavy atom. The van der Waals surface area contributed by atoms with Crippen LogP contribution in [0.2, 0.25) is 0 Å². The number of carbonyl (C=O) groups is 2. The Hall–Kier alpha value is -4.89. The Kier molecular flexibility index (Phi) is 8.84. The second kappa shape index (κ2) is 12.6. The number of aromatic nitrogens is 2. The van der Waals surface area contributed by atoms with E-state index in [1.54, 1.807) is 31.4 Å². The number of aliphatic hydroxyl groups excluding tert-OH is 1. The van der Waals surface area contributed by atoms with E-state index in [4.69, 9.17) is 4.98 Å². The van der Waals surface area contributed by atoms with Crippen molar-refractivity contribution in [3.8, 4) is 11.3 Å². The van der Waals surface area contributed by atoms with Crippen LogP contribution < -0.4 is 15.8 Å². The van der Waals surface area contributed by atoms with Gasteiger partial charge in [-0.15, -0.1) is 0 Å². The first-order valence-electron chi connectivity index (χ1n) is 14.8. The number of aryl methyl sites for hydroxylation is 1. The maximum atomic E-state index is 15.4. The van der Waals surface area contributed by atoms with Crippen LogP contribution in [0.4, 0.5) is 10.1 Å². The standard InChI is InChI=1S/C36H37FN4O4/c1-6-32(43)38-19-23-10-7-9-22(15-23)16-29-34(44)40(5)20-30(39-29)26-11-8-12-31(27(26)21-42)41-14-13-24-17-25(36(2,3)4)18-28(37)33(24)35(41)45/h6-12,15,17-18,20,42H,1,13-14,16,19,21H2,2-5H3,(H,38,43). The van der Waals surface area contributed by atoms with Gasteiger partial charge in [0.1, 0.15) is 11.5 Å². The molecule has 0 bridgehead atoms. The number of nitrogens with one attached hydrogen (secondary N) is 1. The van der Waals surface area contributed by atoms with Crippen LogP contribution in [0.5, 0.6) is 0 Å². The lowest BCUT2D eigenvalue weighted by Gasteiger charge is -2.32. The number of hydrogen-bond acceptors (Lipinski definition) is 5. The van der Waals surface area contributed by atoms with Gasteiger partial charge in [0.25, 0.3) is 11.5 Å². The van der Waals surface area contributed by atoms with Crippen LogP contribution in [0.15, 0.2) is 78.2 Å². The molecule has 2 heterocycles. The van der Waals surface area contributed by atoms with Crippen molar-refractivity contribution in [1.82, 2.24) is 14.9 Å². The second-order valence-electron chi connectivity index (χ2n) is 12.3. The fourth-order valence-corrected chi connectivity index (χ4v) is 5.68. The number of halogens is 1. The van der Waals surface area contributed by atoms with Crippen molar-refractivity contribution in [2.24, 2.45) is 7.05 Å². The molecule has 0 spiro atoms. The van der Waals surface area contributed by atoms with Crippen molar-refractivity contribution in [3.05, 3.63) is 129 Å². The average molecular weight is 609 g/mol. The predicted octanol–water partition coefficient (Wildman–Crippen LogP) is 4.97. The van der Waals surface area contributed by atoms with E-state index < -0.39 is 18.3 Å². The number of aliphatic hydroxyl groups is 1. The van der Waals surface area contributed by atoms with Gasteiger partial charge in [-0.1, -0.05) is 69.8 Å². The van der Waals surface area contributed by atoms with E-state index in [9.17, 15) is 19.5 Å². The van der Waals surface area contributed by atoms with Gasteiger partial charge < -0.3 is 19.9 Å². The number of rotatable bonds is 8. The molecule has 1 aliphatic heterocycles. The van der Waals surface area contributed by atoms with Crippen LogP contribution in [-0.4, -0.2) is 33.0 Å². The number of hydrogen-bond donors (Lipinski definition) is 2. The minimum atomic E-state index is -0.551. The topological polar surface area (TPSA) is 105 Å². The third-order valence-electron chi connectivity index (χ3n) is 8.13. The van der Waals surface area contributed by atoms with E-state index in [1.165, 1.54) is 21.6 Å². The van der Waals surface area contributed by atoms with E-state index in [0.29, 0.717) is 53.3 Å². The molecule has 1 aromatic heterocycles. The van der Waals surface area contributed by atoms with E-state index in [2.05, 4.69) is 11.9 Å². The highest BCUT2D eigenvalue weighted by atomic mass is 19.1. The summed E-state index contributed by atoms with van der Waals surface area (Å²) >= 11 is 0. The van der Waals surface area contributed by atoms with Crippen molar-refractivity contribution in [2.75, 3.05) is 11.4 Å². The van der Waals surface area contributed by atoms with Crippen molar-refractivity contribution in [2.45, 2.75) is 52.2 Å². The Morgan fingerprint density at radius 1 is 1.11 bits per heavy atom. The molecule has 1 aliphatic rings. The first-order valence-corrected chi connectivity index (χ1v) is 14.8. The molecule has 3 aromatic carbocycles. The van der Waals surface area contributed by atoms with Gasteiger partial charge in [0.2, 0.25) is 5.91 Å². The lowest BCUT2D eigenvalue weighted by atomic mass is 9.83. The first kappa shape index (κ1) is 31.5. The Balaban J connectivity index is 1.49. The molecule has 232 valence electrons. The van der Waals surface area contributed by atoms with Crippen molar-refractivity contribution in [1.29, 1.82) is 0 Å². The molecule has 0 aliphatic carbocycles. The zero-order valence-corrected chi connectivity index (χ0v) is 26.0. The number of nitrogens with zero attached hydrogens (tertiary/aromatic N) is 3. The van der Waals surface area contributed by atoms with Gasteiger partial charge in [0.15, 0.2) is 0 Å². The monoisotopic (exact) mass is 608 g/mol. The quantitative estimate of drug-likeness (QED) is 0.275. The van der Waals surface area contributed by atoms with Crippen molar-refractivity contribution < 1.29 is 19.1 Å². The smallest absolute Gasteiger partial charge is 0.272 e. The summed E-state index contributed by atoms with van der Waals surface area (Å²) in [6, 6.07) is 16.2. The zero-order valence-electron chi connectivity index (χ0n) is 26.0. The van der Waals surface area contributed by atoms with E-state index in [1.807, 2.05) is 51.1 Å². The lowest BCUT2D eigenvalue weighted by Crippen LogP contribution is -2.39. The number of anilines is 1. The average Bonchev–Trinajstić information content (AvgIpc) is 3.01. The molecule has 2 N–H and O–H groups in total. The van der Waals surface area contributed by atoms with Crippen molar-refractivity contribution in [3.63, 3.8) is 0 Å². The van der Waals surface area contributed by atoms with Crippen molar-refractivity contribution >= 4 is 17.5 Å². The van der Waals surface area contributed by atoms with Gasteiger partial charge in [-0.05, 0) is 52.3 Å². The highest BCUT2D eigenvalue weighted by Crippen LogP contribution is 2.35. The number of fused-ring (bicyclic) bond motifs is 1. The number of amides is 2. The summed E-state index contributed by atoms with van der Waals surface area (Å²) in [4.78, 5) is 44.7. The SMILES string of the molecule is C=CC(=O)NCc1cccc(Cc2nc(-c3cccc(N4CCc5cc(C(C)(C)C)cc(F)c5C4=O)c3CO)cn(C)c2=O)c1. The summed E-state index contributed by atoms with van der Waals surface area (Å²) in [6.45, 7) is 9.72. The van der Waals surface area contributed by atoms with Crippen LogP contribution in [0.3, 0.4) is 0 Å². The van der Waals surface area contributed by atoms with E-state index in [0.717, 1.165) is 16.7 Å². The van der Waals surface area contributed by atoms with E-state index >= 15 is 4.39 Å². The third kappa shape index (κ3) is 6.49. The Morgan fingerprint density at radius 3 is 2.56 bits per heavy atom. The normalized spacial score (nSPS) is 13.0. The van der Waals surface area contributed by atoms with Crippen LogP contribution in [0.25, 0.3) is 11.3 Å². The van der Waals surface area contributed by atoms with Crippen LogP contribution in [0.1, 0.15) is 64.6 Å². The summed E-state index contributed by atoms with van der Waals surface area (Å²) < 4.78 is 16.8. The lowest BCUT2D eigenvalue weighted by molar-refractivity contribution is -0.116. The maximum absolute atomic E-state index is 15.4. The minimum absolute atomic E-state index is 0.0531. The van der Waals surface area contributed by atoms with Crippen LogP contribution in [-0.2, 0) is 43.3 Å². The van der Waals surface area contributed by atoms with Gasteiger partial charge in [0, 0.05) is 43.9 Å². The Bertz CT molecular complexity index is 1870. The van der Waals surface area contributed by atoms with Crippen LogP contribution in [0, 0.1) is 5.82 Å². The molecule has 45 heavy (non-hydrogen) atoms. The first-order chi connectivity index (χ1) is 21.4. The molecule has 0 atom stereocenters. The third-order valence-corrected chi connectivity index (χ3v) is 8.13. The van der Waals surface area contributed by atoms with Gasteiger partial charge in [0.05, 0.1) is 23.6 Å². The highest BCUT2D eigenvalue weighted by molar-refractivity contribution is 6.09. The fourth-order valence-electron chi connectivity index (χ4n) is 5.68. The summed E-state index contributed by atoms with van der Waals surface area (Å²) in [5.74, 6) is -1.29. The second-order valence-corrected chi connectivity index (χ2v) is 12.3. The highest BCUT2D eigenvalue weighted by Gasteiger charge is 2.32. The summed E-state index contributed by atoms with van der Waals surface area (Å²) in [5.41, 5.74) is 4.99. The fraction of sp³-hybridized carbons (Fsp3) is 0.278. The summed E-state index contributed by atoms with van der Waals surface area (Å²) in [6.07, 6.45) is 3.52. The molecule has 0 saturated heterocycles. The Labute approximate surface area is 261 Å². The number of carbonyl (C=O) groups excluding carboxylic acids is 2. The molecule has 9 heteroatoms. The summed E-state index contributed by atoms with van der Waals surface area (Å²) in [7, 11) is 1.64. The molecular formula is C36H37FN4O4. The molecule has 0 radical (unpaired) electrons.